The predicted molar refractivity (Wildman–Crippen MR) is 85.2 cm³/mol. The van der Waals surface area contributed by atoms with Gasteiger partial charge in [-0.1, -0.05) is 30.3 Å². The molecule has 0 N–H and O–H groups in total. The molecule has 102 valence electrons. The number of fused-ring (bicyclic) bond motifs is 1. The van der Waals surface area contributed by atoms with Gasteiger partial charge in [0, 0.05) is 17.0 Å². The second-order valence-corrected chi connectivity index (χ2v) is 5.50. The van der Waals surface area contributed by atoms with Gasteiger partial charge in [0.25, 0.3) is 0 Å². The Labute approximate surface area is 123 Å². The highest BCUT2D eigenvalue weighted by Crippen LogP contribution is 2.34. The lowest BCUT2D eigenvalue weighted by atomic mass is 10.1. The Balaban J connectivity index is 2.35. The van der Waals surface area contributed by atoms with Crippen molar-refractivity contribution in [3.8, 4) is 11.3 Å². The summed E-state index contributed by atoms with van der Waals surface area (Å²) in [4.78, 5) is 6.14. The second kappa shape index (κ2) is 5.29. The van der Waals surface area contributed by atoms with E-state index in [1.807, 2.05) is 16.9 Å². The number of benzene rings is 1. The van der Waals surface area contributed by atoms with Gasteiger partial charge in [0.15, 0.2) is 5.65 Å². The maximum Gasteiger partial charge on any atom is 0.159 e. The first kappa shape index (κ1) is 13.2. The monoisotopic (exact) mass is 283 g/mol. The summed E-state index contributed by atoms with van der Waals surface area (Å²) in [6.45, 7) is 5.07. The molecule has 0 fully saturated rings. The van der Waals surface area contributed by atoms with Gasteiger partial charge in [-0.25, -0.2) is 9.67 Å². The summed E-state index contributed by atoms with van der Waals surface area (Å²) in [5.74, 6) is 0. The van der Waals surface area contributed by atoms with Crippen LogP contribution < -0.4 is 0 Å². The molecular formula is C16H17N3S. The van der Waals surface area contributed by atoms with Gasteiger partial charge >= 0.3 is 0 Å². The number of rotatable bonds is 3. The van der Waals surface area contributed by atoms with Gasteiger partial charge in [-0.2, -0.15) is 5.10 Å². The number of nitrogens with zero attached hydrogens (tertiary/aromatic N) is 3. The average molecular weight is 283 g/mol. The highest BCUT2D eigenvalue weighted by molar-refractivity contribution is 7.98. The highest BCUT2D eigenvalue weighted by Gasteiger charge is 2.15. The molecule has 0 saturated heterocycles. The Morgan fingerprint density at radius 3 is 2.60 bits per heavy atom. The molecule has 3 rings (SSSR count). The highest BCUT2D eigenvalue weighted by atomic mass is 32.2. The molecule has 3 aromatic rings. The van der Waals surface area contributed by atoms with Crippen LogP contribution in [0.2, 0.25) is 0 Å². The van der Waals surface area contributed by atoms with Crippen molar-refractivity contribution in [1.82, 2.24) is 14.8 Å². The van der Waals surface area contributed by atoms with Crippen LogP contribution in [0.15, 0.2) is 41.4 Å². The number of aromatic nitrogens is 3. The van der Waals surface area contributed by atoms with Gasteiger partial charge in [0.2, 0.25) is 0 Å². The number of pyridine rings is 1. The molecule has 0 saturated carbocycles. The van der Waals surface area contributed by atoms with Gasteiger partial charge in [0.1, 0.15) is 0 Å². The standard InChI is InChI=1S/C16H17N3S/c1-4-19-16-13(10-17-19)15(20-3)11(2)14(18-16)12-8-6-5-7-9-12/h5-10H,4H2,1-3H3. The summed E-state index contributed by atoms with van der Waals surface area (Å²) >= 11 is 1.76. The van der Waals surface area contributed by atoms with Gasteiger partial charge in [-0.3, -0.25) is 0 Å². The molecule has 4 heteroatoms. The van der Waals surface area contributed by atoms with E-state index in [2.05, 4.69) is 49.5 Å². The molecule has 0 aliphatic heterocycles. The summed E-state index contributed by atoms with van der Waals surface area (Å²) in [5, 5.41) is 5.59. The van der Waals surface area contributed by atoms with E-state index in [1.165, 1.54) is 10.5 Å². The van der Waals surface area contributed by atoms with Crippen LogP contribution >= 0.6 is 11.8 Å². The smallest absolute Gasteiger partial charge is 0.159 e. The zero-order chi connectivity index (χ0) is 14.1. The van der Waals surface area contributed by atoms with Crippen LogP contribution in [0.4, 0.5) is 0 Å². The molecule has 1 aromatic carbocycles. The lowest BCUT2D eigenvalue weighted by Gasteiger charge is -2.11. The molecule has 2 heterocycles. The number of thioether (sulfide) groups is 1. The summed E-state index contributed by atoms with van der Waals surface area (Å²) in [6, 6.07) is 10.4. The normalized spacial score (nSPS) is 11.2. The SMILES string of the molecule is CCn1ncc2c(SC)c(C)c(-c3ccccc3)nc21. The molecule has 3 nitrogen and oxygen atoms in total. The molecule has 0 unspecified atom stereocenters. The molecule has 0 aliphatic carbocycles. The van der Waals surface area contributed by atoms with E-state index in [0.717, 1.165) is 28.8 Å². The van der Waals surface area contributed by atoms with Crippen LogP contribution in [0.5, 0.6) is 0 Å². The third kappa shape index (κ3) is 2.00. The lowest BCUT2D eigenvalue weighted by molar-refractivity contribution is 0.677. The first-order chi connectivity index (χ1) is 9.76. The Bertz CT molecular complexity index is 747. The van der Waals surface area contributed by atoms with Crippen LogP contribution in [0, 0.1) is 6.92 Å². The predicted octanol–water partition coefficient (Wildman–Crippen LogP) is 4.15. The zero-order valence-corrected chi connectivity index (χ0v) is 12.7. The Hall–Kier alpha value is -1.81. The van der Waals surface area contributed by atoms with Crippen LogP contribution in [-0.2, 0) is 6.54 Å². The molecule has 20 heavy (non-hydrogen) atoms. The third-order valence-corrected chi connectivity index (χ3v) is 4.45. The van der Waals surface area contributed by atoms with E-state index >= 15 is 0 Å². The van der Waals surface area contributed by atoms with E-state index < -0.39 is 0 Å². The summed E-state index contributed by atoms with van der Waals surface area (Å²) in [7, 11) is 0. The molecule has 0 aliphatic rings. The van der Waals surface area contributed by atoms with Gasteiger partial charge in [0.05, 0.1) is 17.3 Å². The first-order valence-electron chi connectivity index (χ1n) is 6.71. The minimum atomic E-state index is 0.835. The fraction of sp³-hybridized carbons (Fsp3) is 0.250. The molecule has 0 spiro atoms. The Morgan fingerprint density at radius 1 is 1.20 bits per heavy atom. The summed E-state index contributed by atoms with van der Waals surface area (Å²) in [6.07, 6.45) is 4.04. The zero-order valence-electron chi connectivity index (χ0n) is 11.9. The minimum Gasteiger partial charge on any atom is -0.248 e. The van der Waals surface area contributed by atoms with Crippen molar-refractivity contribution in [2.45, 2.75) is 25.3 Å². The lowest BCUT2D eigenvalue weighted by Crippen LogP contribution is -2.00. The van der Waals surface area contributed by atoms with Crippen molar-refractivity contribution in [3.63, 3.8) is 0 Å². The quantitative estimate of drug-likeness (QED) is 0.677. The average Bonchev–Trinajstić information content (AvgIpc) is 2.90. The van der Waals surface area contributed by atoms with E-state index in [-0.39, 0.29) is 0 Å². The summed E-state index contributed by atoms with van der Waals surface area (Å²) in [5.41, 5.74) is 4.41. The van der Waals surface area contributed by atoms with Gasteiger partial charge in [-0.05, 0) is 25.7 Å². The topological polar surface area (TPSA) is 30.7 Å². The van der Waals surface area contributed by atoms with Gasteiger partial charge in [-0.15, -0.1) is 11.8 Å². The van der Waals surface area contributed by atoms with Crippen LogP contribution in [-0.4, -0.2) is 21.0 Å². The number of hydrogen-bond acceptors (Lipinski definition) is 3. The molecule has 0 atom stereocenters. The molecule has 0 bridgehead atoms. The minimum absolute atomic E-state index is 0.835. The second-order valence-electron chi connectivity index (χ2n) is 4.68. The molecular weight excluding hydrogens is 266 g/mol. The molecule has 0 amide bonds. The van der Waals surface area contributed by atoms with Crippen LogP contribution in [0.25, 0.3) is 22.3 Å². The molecule has 0 radical (unpaired) electrons. The van der Waals surface area contributed by atoms with Crippen LogP contribution in [0.3, 0.4) is 0 Å². The largest absolute Gasteiger partial charge is 0.248 e. The van der Waals surface area contributed by atoms with Crippen LogP contribution in [0.1, 0.15) is 12.5 Å². The van der Waals surface area contributed by atoms with E-state index in [9.17, 15) is 0 Å². The van der Waals surface area contributed by atoms with Gasteiger partial charge < -0.3 is 0 Å². The van der Waals surface area contributed by atoms with Crippen molar-refractivity contribution in [3.05, 3.63) is 42.1 Å². The van der Waals surface area contributed by atoms with Crippen molar-refractivity contribution >= 4 is 22.8 Å². The third-order valence-electron chi connectivity index (χ3n) is 3.52. The van der Waals surface area contributed by atoms with Crippen molar-refractivity contribution in [2.24, 2.45) is 0 Å². The Morgan fingerprint density at radius 2 is 1.95 bits per heavy atom. The van der Waals surface area contributed by atoms with E-state index in [4.69, 9.17) is 4.98 Å². The number of hydrogen-bond donors (Lipinski definition) is 0. The number of aryl methyl sites for hydroxylation is 1. The first-order valence-corrected chi connectivity index (χ1v) is 7.94. The Kier molecular flexibility index (Phi) is 3.49. The fourth-order valence-electron chi connectivity index (χ4n) is 2.53. The fourth-order valence-corrected chi connectivity index (χ4v) is 3.29. The maximum atomic E-state index is 4.87. The summed E-state index contributed by atoms with van der Waals surface area (Å²) < 4.78 is 1.96. The van der Waals surface area contributed by atoms with Crippen molar-refractivity contribution in [1.29, 1.82) is 0 Å². The van der Waals surface area contributed by atoms with E-state index in [0.29, 0.717) is 0 Å². The van der Waals surface area contributed by atoms with Crippen molar-refractivity contribution < 1.29 is 0 Å². The molecule has 2 aromatic heterocycles. The maximum absolute atomic E-state index is 4.87. The van der Waals surface area contributed by atoms with Crippen molar-refractivity contribution in [2.75, 3.05) is 6.26 Å². The van der Waals surface area contributed by atoms with E-state index in [1.54, 1.807) is 11.8 Å².